The summed E-state index contributed by atoms with van der Waals surface area (Å²) < 4.78 is 35.1. The number of carboxylic acids is 1. The first-order chi connectivity index (χ1) is 10.3. The summed E-state index contributed by atoms with van der Waals surface area (Å²) in [6, 6.07) is 4.37. The van der Waals surface area contributed by atoms with E-state index in [-0.39, 0.29) is 17.1 Å². The van der Waals surface area contributed by atoms with Crippen LogP contribution in [0, 0.1) is 5.92 Å². The van der Waals surface area contributed by atoms with Crippen molar-refractivity contribution in [1.82, 2.24) is 0 Å². The second kappa shape index (κ2) is 8.03. The van der Waals surface area contributed by atoms with Gasteiger partial charge in [0.05, 0.1) is 24.9 Å². The summed E-state index contributed by atoms with van der Waals surface area (Å²) in [5.74, 6) is -0.810. The number of carboxylic acid groups (broad SMARTS) is 1. The predicted molar refractivity (Wildman–Crippen MR) is 82.2 cm³/mol. The van der Waals surface area contributed by atoms with Crippen LogP contribution in [0.3, 0.4) is 0 Å². The molecule has 0 aromatic heterocycles. The van der Waals surface area contributed by atoms with E-state index in [1.165, 1.54) is 32.4 Å². The zero-order chi connectivity index (χ0) is 16.8. The Labute approximate surface area is 131 Å². The van der Waals surface area contributed by atoms with Gasteiger partial charge in [-0.1, -0.05) is 13.3 Å². The number of rotatable bonds is 9. The summed E-state index contributed by atoms with van der Waals surface area (Å²) in [5, 5.41) is 8.90. The summed E-state index contributed by atoms with van der Waals surface area (Å²) in [6.45, 7) is 1.90. The number of carbonyl (C=O) groups is 1. The van der Waals surface area contributed by atoms with E-state index in [1.807, 2.05) is 6.92 Å². The van der Waals surface area contributed by atoms with Crippen molar-refractivity contribution in [3.05, 3.63) is 18.2 Å². The maximum atomic E-state index is 12.5. The summed E-state index contributed by atoms with van der Waals surface area (Å²) in [6.07, 6.45) is 1.14. The molecule has 0 radical (unpaired) electrons. The average molecular weight is 330 g/mol. The van der Waals surface area contributed by atoms with Gasteiger partial charge in [0.25, 0.3) is 0 Å². The molecule has 0 saturated heterocycles. The topological polar surface area (TPSA) is 89.9 Å². The van der Waals surface area contributed by atoms with Crippen LogP contribution in [0.2, 0.25) is 0 Å². The molecule has 0 fully saturated rings. The molecule has 7 heteroatoms. The Kier molecular flexibility index (Phi) is 6.67. The molecule has 0 aliphatic carbocycles. The molecule has 1 aromatic rings. The summed E-state index contributed by atoms with van der Waals surface area (Å²) >= 11 is 0. The molecule has 1 N–H and O–H groups in total. The molecular formula is C15H22O6S. The molecule has 124 valence electrons. The van der Waals surface area contributed by atoms with Gasteiger partial charge in [0, 0.05) is 12.5 Å². The van der Waals surface area contributed by atoms with E-state index < -0.39 is 21.7 Å². The van der Waals surface area contributed by atoms with Crippen molar-refractivity contribution >= 4 is 15.8 Å². The van der Waals surface area contributed by atoms with Crippen molar-refractivity contribution in [2.24, 2.45) is 5.92 Å². The molecule has 0 aliphatic rings. The van der Waals surface area contributed by atoms with Crippen LogP contribution in [0.25, 0.3) is 0 Å². The zero-order valence-corrected chi connectivity index (χ0v) is 13.9. The Hall–Kier alpha value is -1.76. The Morgan fingerprint density at radius 3 is 2.36 bits per heavy atom. The predicted octanol–water partition coefficient (Wildman–Crippen LogP) is 2.37. The van der Waals surface area contributed by atoms with Crippen LogP contribution < -0.4 is 9.47 Å². The second-order valence-corrected chi connectivity index (χ2v) is 7.09. The van der Waals surface area contributed by atoms with Gasteiger partial charge in [-0.2, -0.15) is 0 Å². The van der Waals surface area contributed by atoms with Crippen molar-refractivity contribution in [2.45, 2.75) is 31.1 Å². The van der Waals surface area contributed by atoms with Crippen molar-refractivity contribution < 1.29 is 27.8 Å². The molecule has 0 spiro atoms. The van der Waals surface area contributed by atoms with Gasteiger partial charge in [0.1, 0.15) is 0 Å². The van der Waals surface area contributed by atoms with E-state index in [0.717, 1.165) is 6.42 Å². The monoisotopic (exact) mass is 330 g/mol. The first-order valence-corrected chi connectivity index (χ1v) is 8.65. The standard InChI is InChI=1S/C15H22O6S/c1-4-5-11(8-15(16)17)10-22(18,19)12-6-7-13(20-2)14(9-12)21-3/h6-7,9,11H,4-5,8,10H2,1-3H3,(H,16,17). The number of hydrogen-bond acceptors (Lipinski definition) is 5. The Balaban J connectivity index is 3.04. The fraction of sp³-hybridized carbons (Fsp3) is 0.533. The number of methoxy groups -OCH3 is 2. The molecular weight excluding hydrogens is 308 g/mol. The minimum atomic E-state index is -3.58. The van der Waals surface area contributed by atoms with Crippen LogP contribution in [0.1, 0.15) is 26.2 Å². The smallest absolute Gasteiger partial charge is 0.303 e. The maximum absolute atomic E-state index is 12.5. The van der Waals surface area contributed by atoms with Crippen molar-refractivity contribution in [3.8, 4) is 11.5 Å². The van der Waals surface area contributed by atoms with E-state index in [9.17, 15) is 13.2 Å². The minimum Gasteiger partial charge on any atom is -0.493 e. The quantitative estimate of drug-likeness (QED) is 0.747. The lowest BCUT2D eigenvalue weighted by molar-refractivity contribution is -0.137. The van der Waals surface area contributed by atoms with Crippen molar-refractivity contribution in [3.63, 3.8) is 0 Å². The highest BCUT2D eigenvalue weighted by atomic mass is 32.2. The summed E-state index contributed by atoms with van der Waals surface area (Å²) in [7, 11) is -0.686. The summed E-state index contributed by atoms with van der Waals surface area (Å²) in [5.41, 5.74) is 0. The Bertz CT molecular complexity index is 608. The highest BCUT2D eigenvalue weighted by Crippen LogP contribution is 2.30. The number of hydrogen-bond donors (Lipinski definition) is 1. The van der Waals surface area contributed by atoms with Gasteiger partial charge < -0.3 is 14.6 Å². The Morgan fingerprint density at radius 2 is 1.86 bits per heavy atom. The Morgan fingerprint density at radius 1 is 1.23 bits per heavy atom. The first kappa shape index (κ1) is 18.3. The zero-order valence-electron chi connectivity index (χ0n) is 13.0. The minimum absolute atomic E-state index is 0.108. The number of sulfone groups is 1. The fourth-order valence-electron chi connectivity index (χ4n) is 2.32. The third kappa shape index (κ3) is 4.91. The van der Waals surface area contributed by atoms with Crippen LogP contribution in [0.5, 0.6) is 11.5 Å². The van der Waals surface area contributed by atoms with Crippen LogP contribution in [0.4, 0.5) is 0 Å². The third-order valence-electron chi connectivity index (χ3n) is 3.33. The van der Waals surface area contributed by atoms with E-state index in [0.29, 0.717) is 17.9 Å². The molecule has 0 saturated carbocycles. The lowest BCUT2D eigenvalue weighted by Gasteiger charge is -2.15. The van der Waals surface area contributed by atoms with Gasteiger partial charge in [-0.15, -0.1) is 0 Å². The van der Waals surface area contributed by atoms with Crippen LogP contribution >= 0.6 is 0 Å². The molecule has 0 heterocycles. The highest BCUT2D eigenvalue weighted by molar-refractivity contribution is 7.91. The molecule has 6 nitrogen and oxygen atoms in total. The van der Waals surface area contributed by atoms with Gasteiger partial charge in [-0.3, -0.25) is 4.79 Å². The molecule has 1 aromatic carbocycles. The van der Waals surface area contributed by atoms with Gasteiger partial charge in [-0.25, -0.2) is 8.42 Å². The van der Waals surface area contributed by atoms with E-state index in [1.54, 1.807) is 0 Å². The molecule has 22 heavy (non-hydrogen) atoms. The van der Waals surface area contributed by atoms with E-state index in [4.69, 9.17) is 14.6 Å². The average Bonchev–Trinajstić information content (AvgIpc) is 2.45. The van der Waals surface area contributed by atoms with Gasteiger partial charge in [0.2, 0.25) is 0 Å². The molecule has 1 atom stereocenters. The van der Waals surface area contributed by atoms with Gasteiger partial charge >= 0.3 is 5.97 Å². The van der Waals surface area contributed by atoms with E-state index in [2.05, 4.69) is 0 Å². The van der Waals surface area contributed by atoms with Gasteiger partial charge in [0.15, 0.2) is 21.3 Å². The second-order valence-electron chi connectivity index (χ2n) is 5.05. The summed E-state index contributed by atoms with van der Waals surface area (Å²) in [4.78, 5) is 11.0. The molecule has 1 unspecified atom stereocenters. The highest BCUT2D eigenvalue weighted by Gasteiger charge is 2.24. The molecule has 0 amide bonds. The first-order valence-electron chi connectivity index (χ1n) is 7.00. The fourth-order valence-corrected chi connectivity index (χ4v) is 3.98. The van der Waals surface area contributed by atoms with E-state index >= 15 is 0 Å². The maximum Gasteiger partial charge on any atom is 0.303 e. The SMILES string of the molecule is CCCC(CC(=O)O)CS(=O)(=O)c1ccc(OC)c(OC)c1. The molecule has 1 rings (SSSR count). The largest absolute Gasteiger partial charge is 0.493 e. The van der Waals surface area contributed by atoms with Crippen LogP contribution in [-0.2, 0) is 14.6 Å². The van der Waals surface area contributed by atoms with Gasteiger partial charge in [-0.05, 0) is 24.5 Å². The normalized spacial score (nSPS) is 12.7. The number of benzene rings is 1. The molecule has 0 aliphatic heterocycles. The van der Waals surface area contributed by atoms with Crippen LogP contribution in [0.15, 0.2) is 23.1 Å². The lowest BCUT2D eigenvalue weighted by atomic mass is 10.0. The van der Waals surface area contributed by atoms with Crippen LogP contribution in [-0.4, -0.2) is 39.5 Å². The molecule has 0 bridgehead atoms. The third-order valence-corrected chi connectivity index (χ3v) is 5.21. The lowest BCUT2D eigenvalue weighted by Crippen LogP contribution is -2.19. The van der Waals surface area contributed by atoms with Crippen molar-refractivity contribution in [2.75, 3.05) is 20.0 Å². The number of aliphatic carboxylic acids is 1. The van der Waals surface area contributed by atoms with Crippen molar-refractivity contribution in [1.29, 1.82) is 0 Å². The number of ether oxygens (including phenoxy) is 2.